The predicted octanol–water partition coefficient (Wildman–Crippen LogP) is 3.95. The first-order valence-corrected chi connectivity index (χ1v) is 8.16. The van der Waals surface area contributed by atoms with Crippen molar-refractivity contribution in [3.05, 3.63) is 69.6 Å². The van der Waals surface area contributed by atoms with E-state index in [2.05, 4.69) is 15.6 Å². The summed E-state index contributed by atoms with van der Waals surface area (Å²) < 4.78 is 19.9. The van der Waals surface area contributed by atoms with E-state index < -0.39 is 0 Å². The maximum Gasteiger partial charge on any atom is 0.274 e. The quantitative estimate of drug-likeness (QED) is 0.555. The van der Waals surface area contributed by atoms with Crippen LogP contribution < -0.4 is 5.43 Å². The summed E-state index contributed by atoms with van der Waals surface area (Å²) in [6.07, 6.45) is 1.42. The predicted molar refractivity (Wildman–Crippen MR) is 96.5 cm³/mol. The van der Waals surface area contributed by atoms with Crippen LogP contribution in [0.15, 0.2) is 39.9 Å². The summed E-state index contributed by atoms with van der Waals surface area (Å²) in [6, 6.07) is 7.43. The molecule has 0 saturated carbocycles. The molecule has 0 aliphatic carbocycles. The van der Waals surface area contributed by atoms with E-state index in [1.807, 2.05) is 0 Å². The zero-order chi connectivity index (χ0) is 18.8. The summed E-state index contributed by atoms with van der Waals surface area (Å²) in [5.74, 6) is 0.447. The van der Waals surface area contributed by atoms with Gasteiger partial charge in [-0.15, -0.1) is 0 Å². The number of aromatic nitrogens is 2. The lowest BCUT2D eigenvalue weighted by molar-refractivity contribution is 0.0953. The molecule has 6 nitrogen and oxygen atoms in total. The molecule has 0 atom stereocenters. The Kier molecular flexibility index (Phi) is 4.90. The SMILES string of the molecule is Cc1cc(C(=O)N/N=C/c2c(C)nn(-c3ccc(F)cc3)c2Cl)c(C)o1. The van der Waals surface area contributed by atoms with E-state index in [0.717, 1.165) is 0 Å². The van der Waals surface area contributed by atoms with Crippen LogP contribution in [0.3, 0.4) is 0 Å². The summed E-state index contributed by atoms with van der Waals surface area (Å²) >= 11 is 6.35. The van der Waals surface area contributed by atoms with Crippen molar-refractivity contribution >= 4 is 23.7 Å². The van der Waals surface area contributed by atoms with Gasteiger partial charge in [-0.2, -0.15) is 10.2 Å². The maximum atomic E-state index is 13.1. The molecule has 2 aromatic heterocycles. The van der Waals surface area contributed by atoms with Gasteiger partial charge in [0.2, 0.25) is 0 Å². The third-order valence-corrected chi connectivity index (χ3v) is 4.13. The standard InChI is InChI=1S/C18H16ClFN4O2/c1-10-8-15(12(3)26-10)18(25)22-21-9-16-11(2)23-24(17(16)19)14-6-4-13(20)5-7-14/h4-9H,1-3H3,(H,22,25)/b21-9+. The molecule has 0 aliphatic rings. The van der Waals surface area contributed by atoms with Crippen LogP contribution >= 0.6 is 11.6 Å². The van der Waals surface area contributed by atoms with Crippen molar-refractivity contribution in [3.63, 3.8) is 0 Å². The topological polar surface area (TPSA) is 72.4 Å². The van der Waals surface area contributed by atoms with Crippen LogP contribution in [-0.4, -0.2) is 21.9 Å². The smallest absolute Gasteiger partial charge is 0.274 e. The number of rotatable bonds is 4. The van der Waals surface area contributed by atoms with Gasteiger partial charge >= 0.3 is 0 Å². The number of amides is 1. The number of nitrogens with one attached hydrogen (secondary N) is 1. The van der Waals surface area contributed by atoms with Crippen LogP contribution in [-0.2, 0) is 0 Å². The van der Waals surface area contributed by atoms with Gasteiger partial charge in [0.05, 0.1) is 28.7 Å². The van der Waals surface area contributed by atoms with Gasteiger partial charge in [0.25, 0.3) is 5.91 Å². The summed E-state index contributed by atoms with van der Waals surface area (Å²) in [4.78, 5) is 12.1. The molecule has 2 heterocycles. The van der Waals surface area contributed by atoms with Crippen molar-refractivity contribution < 1.29 is 13.6 Å². The molecule has 26 heavy (non-hydrogen) atoms. The van der Waals surface area contributed by atoms with Gasteiger partial charge in [-0.05, 0) is 51.1 Å². The minimum Gasteiger partial charge on any atom is -0.466 e. The Hall–Kier alpha value is -2.93. The van der Waals surface area contributed by atoms with Crippen molar-refractivity contribution in [1.29, 1.82) is 0 Å². The molecule has 1 aromatic carbocycles. The molecule has 1 amide bonds. The second kappa shape index (κ2) is 7.13. The third-order valence-electron chi connectivity index (χ3n) is 3.76. The fourth-order valence-electron chi connectivity index (χ4n) is 2.48. The number of furan rings is 1. The summed E-state index contributed by atoms with van der Waals surface area (Å²) in [5.41, 5.74) is 4.65. The number of benzene rings is 1. The van der Waals surface area contributed by atoms with Crippen LogP contribution in [0.5, 0.6) is 0 Å². The number of halogens is 2. The lowest BCUT2D eigenvalue weighted by Gasteiger charge is -2.02. The lowest BCUT2D eigenvalue weighted by atomic mass is 10.2. The average Bonchev–Trinajstić information content (AvgIpc) is 3.08. The maximum absolute atomic E-state index is 13.1. The number of carbonyl (C=O) groups is 1. The molecule has 0 bridgehead atoms. The highest BCUT2D eigenvalue weighted by atomic mass is 35.5. The molecule has 0 unspecified atom stereocenters. The molecule has 3 aromatic rings. The highest BCUT2D eigenvalue weighted by molar-refractivity contribution is 6.32. The van der Waals surface area contributed by atoms with Crippen LogP contribution in [0, 0.1) is 26.6 Å². The van der Waals surface area contributed by atoms with Gasteiger partial charge < -0.3 is 4.42 Å². The van der Waals surface area contributed by atoms with Crippen molar-refractivity contribution in [3.8, 4) is 5.69 Å². The number of carbonyl (C=O) groups excluding carboxylic acids is 1. The molecule has 8 heteroatoms. The zero-order valence-corrected chi connectivity index (χ0v) is 15.1. The minimum atomic E-state index is -0.379. The fraction of sp³-hybridized carbons (Fsp3) is 0.167. The second-order valence-corrected chi connectivity index (χ2v) is 6.06. The summed E-state index contributed by atoms with van der Waals surface area (Å²) in [6.45, 7) is 5.23. The van der Waals surface area contributed by atoms with Crippen LogP contribution in [0.4, 0.5) is 4.39 Å². The van der Waals surface area contributed by atoms with E-state index >= 15 is 0 Å². The highest BCUT2D eigenvalue weighted by Gasteiger charge is 2.15. The third kappa shape index (κ3) is 3.52. The fourth-order valence-corrected chi connectivity index (χ4v) is 2.80. The van der Waals surface area contributed by atoms with Crippen LogP contribution in [0.25, 0.3) is 5.69 Å². The molecule has 0 aliphatic heterocycles. The molecule has 134 valence electrons. The number of nitrogens with zero attached hydrogens (tertiary/aromatic N) is 3. The van der Waals surface area contributed by atoms with Crippen LogP contribution in [0.1, 0.15) is 33.1 Å². The second-order valence-electron chi connectivity index (χ2n) is 5.70. The largest absolute Gasteiger partial charge is 0.466 e. The first-order chi connectivity index (χ1) is 12.4. The first kappa shape index (κ1) is 17.9. The first-order valence-electron chi connectivity index (χ1n) is 7.78. The van der Waals surface area contributed by atoms with Crippen molar-refractivity contribution in [2.75, 3.05) is 0 Å². The monoisotopic (exact) mass is 374 g/mol. The molecule has 0 fully saturated rings. The van der Waals surface area contributed by atoms with Crippen LogP contribution in [0.2, 0.25) is 5.15 Å². The minimum absolute atomic E-state index is 0.308. The van der Waals surface area contributed by atoms with E-state index in [9.17, 15) is 9.18 Å². The Morgan fingerprint density at radius 1 is 1.31 bits per heavy atom. The number of hydrazone groups is 1. The number of hydrogen-bond acceptors (Lipinski definition) is 4. The Labute approximate surface area is 154 Å². The van der Waals surface area contributed by atoms with Crippen molar-refractivity contribution in [2.24, 2.45) is 5.10 Å². The Morgan fingerprint density at radius 2 is 2.00 bits per heavy atom. The molecule has 3 rings (SSSR count). The van der Waals surface area contributed by atoms with Crippen molar-refractivity contribution in [1.82, 2.24) is 15.2 Å². The Bertz CT molecular complexity index is 990. The number of hydrogen-bond donors (Lipinski definition) is 1. The van der Waals surface area contributed by atoms with E-state index in [0.29, 0.717) is 39.2 Å². The van der Waals surface area contributed by atoms with E-state index in [-0.39, 0.29) is 11.7 Å². The molecule has 0 spiro atoms. The van der Waals surface area contributed by atoms with Gasteiger partial charge in [-0.1, -0.05) is 11.6 Å². The molecular formula is C18H16ClFN4O2. The van der Waals surface area contributed by atoms with Crippen molar-refractivity contribution in [2.45, 2.75) is 20.8 Å². The molecular weight excluding hydrogens is 359 g/mol. The lowest BCUT2D eigenvalue weighted by Crippen LogP contribution is -2.17. The molecule has 0 radical (unpaired) electrons. The Balaban J connectivity index is 1.80. The van der Waals surface area contributed by atoms with Gasteiger partial charge in [0.1, 0.15) is 22.5 Å². The molecule has 0 saturated heterocycles. The zero-order valence-electron chi connectivity index (χ0n) is 14.4. The normalized spacial score (nSPS) is 11.3. The summed E-state index contributed by atoms with van der Waals surface area (Å²) in [5, 5.41) is 8.58. The van der Waals surface area contributed by atoms with Gasteiger partial charge in [0, 0.05) is 0 Å². The average molecular weight is 375 g/mol. The Morgan fingerprint density at radius 3 is 2.62 bits per heavy atom. The van der Waals surface area contributed by atoms with E-state index in [1.54, 1.807) is 39.0 Å². The van der Waals surface area contributed by atoms with Gasteiger partial charge in [-0.25, -0.2) is 14.5 Å². The highest BCUT2D eigenvalue weighted by Crippen LogP contribution is 2.22. The number of aryl methyl sites for hydroxylation is 3. The van der Waals surface area contributed by atoms with E-state index in [1.165, 1.54) is 23.0 Å². The van der Waals surface area contributed by atoms with Gasteiger partial charge in [-0.3, -0.25) is 4.79 Å². The summed E-state index contributed by atoms with van der Waals surface area (Å²) in [7, 11) is 0. The molecule has 1 N–H and O–H groups in total. The van der Waals surface area contributed by atoms with Gasteiger partial charge in [0.15, 0.2) is 0 Å². The van der Waals surface area contributed by atoms with E-state index in [4.69, 9.17) is 16.0 Å².